The first-order valence-corrected chi connectivity index (χ1v) is 14.5. The third kappa shape index (κ3) is 3.87. The number of hydrogen-bond donors (Lipinski definition) is 2. The zero-order valence-corrected chi connectivity index (χ0v) is 23.5. The number of nitrogens with zero attached hydrogens (tertiary/aromatic N) is 1. The number of halogens is 1. The molecule has 38 heavy (non-hydrogen) atoms. The summed E-state index contributed by atoms with van der Waals surface area (Å²) in [6, 6.07) is 19.0. The van der Waals surface area contributed by atoms with E-state index in [4.69, 9.17) is 14.2 Å². The Morgan fingerprint density at radius 3 is 2.61 bits per heavy atom. The predicted molar refractivity (Wildman–Crippen MR) is 148 cm³/mol. The molecule has 8 heteroatoms. The van der Waals surface area contributed by atoms with E-state index in [1.807, 2.05) is 19.1 Å². The molecule has 1 aliphatic carbocycles. The number of methoxy groups -OCH3 is 1. The second-order valence-corrected chi connectivity index (χ2v) is 11.7. The lowest BCUT2D eigenvalue weighted by Gasteiger charge is -2.49. The van der Waals surface area contributed by atoms with Crippen molar-refractivity contribution in [1.82, 2.24) is 4.90 Å². The van der Waals surface area contributed by atoms with Gasteiger partial charge in [-0.25, -0.2) is 4.79 Å². The molecule has 2 fully saturated rings. The van der Waals surface area contributed by atoms with E-state index < -0.39 is 16.8 Å². The lowest BCUT2D eigenvalue weighted by molar-refractivity contribution is -0.256. The zero-order valence-electron chi connectivity index (χ0n) is 21.9. The van der Waals surface area contributed by atoms with E-state index in [9.17, 15) is 9.90 Å². The second-order valence-electron chi connectivity index (χ2n) is 11.1. The molecule has 4 atom stereocenters. The van der Waals surface area contributed by atoms with Gasteiger partial charge < -0.3 is 24.6 Å². The Morgan fingerprint density at radius 2 is 1.89 bits per heavy atom. The summed E-state index contributed by atoms with van der Waals surface area (Å²) in [6.45, 7) is 4.38. The van der Waals surface area contributed by atoms with E-state index in [-0.39, 0.29) is 17.9 Å². The van der Waals surface area contributed by atoms with Crippen LogP contribution in [0.15, 0.2) is 65.9 Å². The quantitative estimate of drug-likeness (QED) is 0.371. The first-order valence-electron chi connectivity index (χ1n) is 13.4. The maximum absolute atomic E-state index is 13.3. The fourth-order valence-corrected chi connectivity index (χ4v) is 8.17. The molecular weight excluding hydrogens is 548 g/mol. The Bertz CT molecular complexity index is 1250. The van der Waals surface area contributed by atoms with Gasteiger partial charge in [0, 0.05) is 35.8 Å². The topological polar surface area (TPSA) is 80.3 Å². The van der Waals surface area contributed by atoms with Gasteiger partial charge in [0.1, 0.15) is 5.60 Å². The maximum Gasteiger partial charge on any atom is 0.335 e. The molecule has 2 aromatic carbocycles. The van der Waals surface area contributed by atoms with Gasteiger partial charge in [-0.15, -0.1) is 0 Å². The number of likely N-dealkylation sites (tertiary alicyclic amines) is 1. The van der Waals surface area contributed by atoms with Crippen molar-refractivity contribution in [2.45, 2.75) is 55.6 Å². The molecule has 2 saturated heterocycles. The molecule has 0 bridgehead atoms. The van der Waals surface area contributed by atoms with Crippen molar-refractivity contribution in [3.8, 4) is 0 Å². The van der Waals surface area contributed by atoms with Crippen LogP contribution < -0.4 is 5.32 Å². The number of benzene rings is 2. The van der Waals surface area contributed by atoms with E-state index >= 15 is 0 Å². The average molecular weight is 584 g/mol. The summed E-state index contributed by atoms with van der Waals surface area (Å²) in [6.07, 6.45) is 1.77. The van der Waals surface area contributed by atoms with E-state index in [1.54, 1.807) is 0 Å². The molecule has 7 nitrogen and oxygen atoms in total. The number of ether oxygens (including phenoxy) is 3. The minimum absolute atomic E-state index is 0.0536. The summed E-state index contributed by atoms with van der Waals surface area (Å²) < 4.78 is 17.3. The van der Waals surface area contributed by atoms with Crippen LogP contribution in [0.25, 0.3) is 0 Å². The standard InChI is InChI=1S/C30H35BrN2O5/c1-28(37-14-15-38-28)29(35,19-31)17-21-16-22(27(34)36-2)25-30(23-10-6-7-11-24(23)32-25)12-13-33(26(21)30)18-20-8-4-3-5-9-20/h3-11,21,26,32,35H,12-19H2,1-2H3/t21-,26-,29-,30+/m0/s1. The largest absolute Gasteiger partial charge is 0.466 e. The summed E-state index contributed by atoms with van der Waals surface area (Å²) in [5, 5.41) is 16.0. The van der Waals surface area contributed by atoms with Crippen molar-refractivity contribution < 1.29 is 24.1 Å². The molecule has 1 spiro atoms. The number of fused-ring (bicyclic) bond motifs is 1. The molecule has 4 aliphatic rings. The molecular formula is C30H35BrN2O5. The van der Waals surface area contributed by atoms with Gasteiger partial charge in [0.15, 0.2) is 5.79 Å². The minimum atomic E-state index is -1.29. The number of anilines is 1. The monoisotopic (exact) mass is 582 g/mol. The van der Waals surface area contributed by atoms with Crippen LogP contribution in [0.5, 0.6) is 0 Å². The third-order valence-electron chi connectivity index (χ3n) is 9.18. The molecule has 3 aliphatic heterocycles. The number of alkyl halides is 1. The van der Waals surface area contributed by atoms with Crippen LogP contribution in [0.1, 0.15) is 37.3 Å². The van der Waals surface area contributed by atoms with Gasteiger partial charge in [0.2, 0.25) is 0 Å². The molecule has 0 aromatic heterocycles. The lowest BCUT2D eigenvalue weighted by atomic mass is 9.61. The highest BCUT2D eigenvalue weighted by molar-refractivity contribution is 9.09. The Balaban J connectivity index is 1.49. The highest BCUT2D eigenvalue weighted by atomic mass is 79.9. The molecule has 0 unspecified atom stereocenters. The lowest BCUT2D eigenvalue weighted by Crippen LogP contribution is -2.59. The van der Waals surface area contributed by atoms with Crippen LogP contribution in [0.3, 0.4) is 0 Å². The average Bonchev–Trinajstić information content (AvgIpc) is 3.65. The van der Waals surface area contributed by atoms with E-state index in [0.29, 0.717) is 37.0 Å². The van der Waals surface area contributed by atoms with Crippen molar-refractivity contribution in [3.05, 3.63) is 77.0 Å². The van der Waals surface area contributed by atoms with E-state index in [0.717, 1.165) is 30.9 Å². The summed E-state index contributed by atoms with van der Waals surface area (Å²) in [7, 11) is 1.44. The summed E-state index contributed by atoms with van der Waals surface area (Å²) in [5.41, 5.74) is 3.44. The molecule has 3 heterocycles. The van der Waals surface area contributed by atoms with Crippen molar-refractivity contribution in [2.75, 3.05) is 37.5 Å². The Labute approximate surface area is 232 Å². The maximum atomic E-state index is 13.3. The Kier molecular flexibility index (Phi) is 6.68. The molecule has 0 radical (unpaired) electrons. The van der Waals surface area contributed by atoms with Gasteiger partial charge in [0.05, 0.1) is 31.3 Å². The number of carbonyl (C=O) groups is 1. The van der Waals surface area contributed by atoms with Gasteiger partial charge in [0.25, 0.3) is 0 Å². The molecule has 202 valence electrons. The van der Waals surface area contributed by atoms with Crippen molar-refractivity contribution in [3.63, 3.8) is 0 Å². The highest BCUT2D eigenvalue weighted by Crippen LogP contribution is 2.60. The summed E-state index contributed by atoms with van der Waals surface area (Å²) >= 11 is 3.58. The van der Waals surface area contributed by atoms with Crippen LogP contribution in [-0.4, -0.2) is 65.6 Å². The number of aliphatic hydroxyl groups is 1. The number of rotatable bonds is 7. The summed E-state index contributed by atoms with van der Waals surface area (Å²) in [5.74, 6) is -1.50. The van der Waals surface area contributed by atoms with Gasteiger partial charge in [-0.2, -0.15) is 0 Å². The van der Waals surface area contributed by atoms with Crippen molar-refractivity contribution >= 4 is 27.6 Å². The van der Waals surface area contributed by atoms with Crippen LogP contribution in [0, 0.1) is 5.92 Å². The number of esters is 1. The summed E-state index contributed by atoms with van der Waals surface area (Å²) in [4.78, 5) is 15.8. The molecule has 2 N–H and O–H groups in total. The minimum Gasteiger partial charge on any atom is -0.466 e. The second kappa shape index (κ2) is 9.75. The van der Waals surface area contributed by atoms with E-state index in [1.165, 1.54) is 18.2 Å². The van der Waals surface area contributed by atoms with Gasteiger partial charge in [-0.05, 0) is 49.3 Å². The SMILES string of the molecule is COC(=O)C1=C2Nc3ccccc3[C@]23CCN(Cc2ccccc2)[C@H]3[C@H](C[C@](O)(CBr)C2(C)OCCO2)C1. The van der Waals surface area contributed by atoms with Crippen molar-refractivity contribution in [1.29, 1.82) is 0 Å². The molecule has 2 aromatic rings. The van der Waals surface area contributed by atoms with Crippen LogP contribution in [0.2, 0.25) is 0 Å². The van der Waals surface area contributed by atoms with Crippen LogP contribution in [-0.2, 0) is 31.0 Å². The number of carbonyl (C=O) groups excluding carboxylic acids is 1. The van der Waals surface area contributed by atoms with Crippen LogP contribution >= 0.6 is 15.9 Å². The van der Waals surface area contributed by atoms with Gasteiger partial charge in [-0.3, -0.25) is 4.90 Å². The fourth-order valence-electron chi connectivity index (χ4n) is 7.43. The molecule has 6 rings (SSSR count). The first kappa shape index (κ1) is 26.0. The highest BCUT2D eigenvalue weighted by Gasteiger charge is 2.63. The fraction of sp³-hybridized carbons (Fsp3) is 0.500. The number of hydrogen-bond acceptors (Lipinski definition) is 7. The van der Waals surface area contributed by atoms with Gasteiger partial charge >= 0.3 is 5.97 Å². The normalized spacial score (nSPS) is 29.3. The first-order chi connectivity index (χ1) is 18.3. The third-order valence-corrected chi connectivity index (χ3v) is 10.1. The predicted octanol–water partition coefficient (Wildman–Crippen LogP) is 4.35. The zero-order chi connectivity index (χ0) is 26.5. The Hall–Kier alpha value is -2.23. The molecule has 0 saturated carbocycles. The smallest absolute Gasteiger partial charge is 0.335 e. The molecule has 0 amide bonds. The Morgan fingerprint density at radius 1 is 1.18 bits per heavy atom. The van der Waals surface area contributed by atoms with Gasteiger partial charge in [-0.1, -0.05) is 64.5 Å². The van der Waals surface area contributed by atoms with Crippen molar-refractivity contribution in [2.24, 2.45) is 5.92 Å². The van der Waals surface area contributed by atoms with Crippen LogP contribution in [0.4, 0.5) is 5.69 Å². The number of nitrogens with one attached hydrogen (secondary N) is 1. The number of para-hydroxylation sites is 1. The van der Waals surface area contributed by atoms with E-state index in [2.05, 4.69) is 68.6 Å².